The van der Waals surface area contributed by atoms with E-state index in [2.05, 4.69) is 28.7 Å². The number of phenols is 1. The molecule has 0 unspecified atom stereocenters. The van der Waals surface area contributed by atoms with Gasteiger partial charge in [0.2, 0.25) is 0 Å². The number of rotatable bonds is 2. The third-order valence-electron chi connectivity index (χ3n) is 1.58. The van der Waals surface area contributed by atoms with E-state index in [1.54, 1.807) is 12.1 Å². The van der Waals surface area contributed by atoms with Crippen LogP contribution in [0.1, 0.15) is 12.0 Å². The van der Waals surface area contributed by atoms with Crippen LogP contribution in [-0.2, 0) is 6.42 Å². The maximum atomic E-state index is 9.40. The minimum absolute atomic E-state index is 0.289. The zero-order valence-electron chi connectivity index (χ0n) is 6.42. The Morgan fingerprint density at radius 2 is 2.25 bits per heavy atom. The van der Waals surface area contributed by atoms with Crippen molar-refractivity contribution in [2.45, 2.75) is 12.8 Å². The van der Waals surface area contributed by atoms with Gasteiger partial charge < -0.3 is 5.11 Å². The lowest BCUT2D eigenvalue weighted by Gasteiger charge is -2.03. The van der Waals surface area contributed by atoms with Gasteiger partial charge >= 0.3 is 0 Å². The molecule has 12 heavy (non-hydrogen) atoms. The smallest absolute Gasteiger partial charge is 0.119 e. The van der Waals surface area contributed by atoms with Crippen molar-refractivity contribution in [2.75, 3.05) is 0 Å². The largest absolute Gasteiger partial charge is 0.508 e. The first-order chi connectivity index (χ1) is 5.75. The second kappa shape index (κ2) is 4.31. The second-order valence-corrected chi connectivity index (χ2v) is 3.56. The maximum absolute atomic E-state index is 9.40. The van der Waals surface area contributed by atoms with Gasteiger partial charge in [-0.05, 0) is 41.1 Å². The van der Waals surface area contributed by atoms with Crippen molar-refractivity contribution < 1.29 is 5.11 Å². The Balaban J connectivity index is 2.90. The van der Waals surface area contributed by atoms with E-state index in [-0.39, 0.29) is 5.75 Å². The number of hydrogen-bond acceptors (Lipinski definition) is 2. The van der Waals surface area contributed by atoms with Gasteiger partial charge in [-0.2, -0.15) is 5.26 Å². The predicted molar refractivity (Wildman–Crippen MR) is 54.8 cm³/mol. The van der Waals surface area contributed by atoms with Crippen LogP contribution in [0, 0.1) is 14.9 Å². The Hall–Kier alpha value is -0.760. The first kappa shape index (κ1) is 9.33. The monoisotopic (exact) mass is 273 g/mol. The fourth-order valence-electron chi connectivity index (χ4n) is 0.976. The number of benzene rings is 1. The minimum Gasteiger partial charge on any atom is -0.508 e. The van der Waals surface area contributed by atoms with Gasteiger partial charge in [-0.15, -0.1) is 0 Å². The van der Waals surface area contributed by atoms with E-state index < -0.39 is 0 Å². The van der Waals surface area contributed by atoms with Crippen molar-refractivity contribution in [1.82, 2.24) is 0 Å². The van der Waals surface area contributed by atoms with Crippen LogP contribution >= 0.6 is 22.6 Å². The third kappa shape index (κ3) is 2.11. The van der Waals surface area contributed by atoms with Gasteiger partial charge in [0.1, 0.15) is 5.75 Å². The van der Waals surface area contributed by atoms with E-state index in [1.165, 1.54) is 0 Å². The molecule has 0 aliphatic carbocycles. The van der Waals surface area contributed by atoms with Crippen molar-refractivity contribution in [1.29, 1.82) is 5.26 Å². The van der Waals surface area contributed by atoms with Crippen LogP contribution in [0.15, 0.2) is 18.2 Å². The van der Waals surface area contributed by atoms with Gasteiger partial charge in [-0.1, -0.05) is 6.07 Å². The molecule has 0 radical (unpaired) electrons. The normalized spacial score (nSPS) is 9.33. The Morgan fingerprint density at radius 3 is 2.83 bits per heavy atom. The Bertz CT molecular complexity index is 297. The summed E-state index contributed by atoms with van der Waals surface area (Å²) >= 11 is 2.16. The second-order valence-electron chi connectivity index (χ2n) is 2.40. The summed E-state index contributed by atoms with van der Waals surface area (Å²) in [5.41, 5.74) is 0.875. The van der Waals surface area contributed by atoms with Crippen LogP contribution in [0.25, 0.3) is 0 Å². The van der Waals surface area contributed by atoms with Crippen molar-refractivity contribution >= 4 is 22.6 Å². The molecule has 2 nitrogen and oxygen atoms in total. The average Bonchev–Trinajstić information content (AvgIpc) is 2.04. The number of aromatic hydroxyl groups is 1. The fourth-order valence-corrected chi connectivity index (χ4v) is 1.73. The molecule has 1 aromatic rings. The van der Waals surface area contributed by atoms with Gasteiger partial charge in [0.05, 0.1) is 6.07 Å². The van der Waals surface area contributed by atoms with Gasteiger partial charge in [-0.25, -0.2) is 0 Å². The summed E-state index contributed by atoms with van der Waals surface area (Å²) in [4.78, 5) is 0. The molecule has 0 heterocycles. The molecule has 1 aromatic carbocycles. The van der Waals surface area contributed by atoms with Crippen LogP contribution < -0.4 is 0 Å². The molecule has 1 N–H and O–H groups in total. The maximum Gasteiger partial charge on any atom is 0.119 e. The van der Waals surface area contributed by atoms with Crippen LogP contribution in [0.3, 0.4) is 0 Å². The van der Waals surface area contributed by atoms with E-state index in [0.29, 0.717) is 12.8 Å². The van der Waals surface area contributed by atoms with Gasteiger partial charge in [0, 0.05) is 15.6 Å². The lowest BCUT2D eigenvalue weighted by Crippen LogP contribution is -1.88. The Morgan fingerprint density at radius 1 is 1.50 bits per heavy atom. The number of hydrogen-bond donors (Lipinski definition) is 1. The zero-order valence-corrected chi connectivity index (χ0v) is 8.58. The summed E-state index contributed by atoms with van der Waals surface area (Å²) < 4.78 is 1.02. The van der Waals surface area contributed by atoms with Crippen LogP contribution in [0.5, 0.6) is 5.75 Å². The summed E-state index contributed by atoms with van der Waals surface area (Å²) in [6, 6.07) is 7.43. The Labute approximate surface area is 85.0 Å². The molecular formula is C9H8INO. The molecule has 0 fully saturated rings. The van der Waals surface area contributed by atoms with Gasteiger partial charge in [0.15, 0.2) is 0 Å². The number of nitrogens with zero attached hydrogens (tertiary/aromatic N) is 1. The minimum atomic E-state index is 0.289. The van der Waals surface area contributed by atoms with E-state index in [9.17, 15) is 5.11 Å². The number of phenolic OH excluding ortho intramolecular Hbond substituents is 1. The van der Waals surface area contributed by atoms with E-state index in [4.69, 9.17) is 5.26 Å². The quantitative estimate of drug-likeness (QED) is 0.841. The molecular weight excluding hydrogens is 265 g/mol. The topological polar surface area (TPSA) is 44.0 Å². The van der Waals surface area contributed by atoms with Crippen LogP contribution in [0.4, 0.5) is 0 Å². The van der Waals surface area contributed by atoms with Crippen molar-refractivity contribution in [2.24, 2.45) is 0 Å². The van der Waals surface area contributed by atoms with Crippen molar-refractivity contribution in [3.8, 4) is 11.8 Å². The first-order valence-electron chi connectivity index (χ1n) is 3.59. The molecule has 0 spiro atoms. The van der Waals surface area contributed by atoms with Crippen LogP contribution in [0.2, 0.25) is 0 Å². The lowest BCUT2D eigenvalue weighted by molar-refractivity contribution is 0.467. The SMILES string of the molecule is N#CCCc1c(O)cccc1I. The summed E-state index contributed by atoms with van der Waals surface area (Å²) in [5, 5.41) is 17.8. The van der Waals surface area contributed by atoms with E-state index >= 15 is 0 Å². The molecule has 3 heteroatoms. The molecule has 1 rings (SSSR count). The number of nitriles is 1. The van der Waals surface area contributed by atoms with E-state index in [0.717, 1.165) is 9.13 Å². The highest BCUT2D eigenvalue weighted by Gasteiger charge is 2.03. The van der Waals surface area contributed by atoms with Crippen LogP contribution in [-0.4, -0.2) is 5.11 Å². The summed E-state index contributed by atoms with van der Waals surface area (Å²) in [6.45, 7) is 0. The fraction of sp³-hybridized carbons (Fsp3) is 0.222. The molecule has 0 aliphatic rings. The zero-order chi connectivity index (χ0) is 8.97. The molecule has 62 valence electrons. The lowest BCUT2D eigenvalue weighted by atomic mass is 10.1. The summed E-state index contributed by atoms with van der Waals surface area (Å²) in [7, 11) is 0. The van der Waals surface area contributed by atoms with Gasteiger partial charge in [-0.3, -0.25) is 0 Å². The Kier molecular flexibility index (Phi) is 3.35. The third-order valence-corrected chi connectivity index (χ3v) is 2.59. The van der Waals surface area contributed by atoms with Crippen molar-refractivity contribution in [3.05, 3.63) is 27.3 Å². The highest BCUT2D eigenvalue weighted by atomic mass is 127. The molecule has 0 amide bonds. The summed E-state index contributed by atoms with van der Waals surface area (Å²) in [5.74, 6) is 0.289. The van der Waals surface area contributed by atoms with Gasteiger partial charge in [0.25, 0.3) is 0 Å². The first-order valence-corrected chi connectivity index (χ1v) is 4.67. The molecule has 0 saturated heterocycles. The van der Waals surface area contributed by atoms with Crippen molar-refractivity contribution in [3.63, 3.8) is 0 Å². The average molecular weight is 273 g/mol. The molecule has 0 atom stereocenters. The summed E-state index contributed by atoms with van der Waals surface area (Å²) in [6.07, 6.45) is 1.08. The highest BCUT2D eigenvalue weighted by molar-refractivity contribution is 14.1. The highest BCUT2D eigenvalue weighted by Crippen LogP contribution is 2.23. The molecule has 0 aromatic heterocycles. The predicted octanol–water partition coefficient (Wildman–Crippen LogP) is 2.45. The van der Waals surface area contributed by atoms with E-state index in [1.807, 2.05) is 6.07 Å². The molecule has 0 saturated carbocycles. The standard InChI is InChI=1S/C9H8INO/c10-8-4-1-5-9(12)7(8)3-2-6-11/h1,4-5,12H,2-3H2. The molecule has 0 bridgehead atoms. The molecule has 0 aliphatic heterocycles. The number of halogens is 1.